The fraction of sp³-hybridized carbons (Fsp3) is 0.357. The van der Waals surface area contributed by atoms with E-state index in [1.165, 1.54) is 11.8 Å². The van der Waals surface area contributed by atoms with E-state index in [2.05, 4.69) is 10.6 Å². The molecule has 3 N–H and O–H groups in total. The van der Waals surface area contributed by atoms with Crippen LogP contribution in [0, 0.1) is 0 Å². The predicted molar refractivity (Wildman–Crippen MR) is 82.3 cm³/mol. The molecule has 1 rings (SSSR count). The van der Waals surface area contributed by atoms with Gasteiger partial charge in [-0.2, -0.15) is 0 Å². The van der Waals surface area contributed by atoms with E-state index in [4.69, 9.17) is 5.11 Å². The second kappa shape index (κ2) is 9.82. The number of thioether (sulfide) groups is 1. The summed E-state index contributed by atoms with van der Waals surface area (Å²) in [5, 5.41) is 13.8. The van der Waals surface area contributed by atoms with Gasteiger partial charge in [-0.1, -0.05) is 18.2 Å². The lowest BCUT2D eigenvalue weighted by atomic mass is 10.3. The Hall–Kier alpha value is -2.02. The maximum atomic E-state index is 11.6. The zero-order chi connectivity index (χ0) is 15.5. The Morgan fingerprint density at radius 1 is 1.05 bits per heavy atom. The molecule has 0 unspecified atom stereocenters. The van der Waals surface area contributed by atoms with Crippen molar-refractivity contribution < 1.29 is 19.5 Å². The first-order valence-corrected chi connectivity index (χ1v) is 7.64. The van der Waals surface area contributed by atoms with Gasteiger partial charge in [0.25, 0.3) is 0 Å². The summed E-state index contributed by atoms with van der Waals surface area (Å²) in [5.74, 6) is -0.869. The summed E-state index contributed by atoms with van der Waals surface area (Å²) in [6.45, 7) is 0.335. The number of carboxylic acids is 1. The van der Waals surface area contributed by atoms with Gasteiger partial charge in [0, 0.05) is 18.7 Å². The average molecular weight is 310 g/mol. The van der Waals surface area contributed by atoms with Gasteiger partial charge in [0.1, 0.15) is 0 Å². The van der Waals surface area contributed by atoms with Crippen LogP contribution in [-0.2, 0) is 14.4 Å². The molecule has 114 valence electrons. The van der Waals surface area contributed by atoms with Crippen LogP contribution < -0.4 is 10.6 Å². The first-order chi connectivity index (χ1) is 10.1. The van der Waals surface area contributed by atoms with E-state index in [0.717, 1.165) is 5.69 Å². The Morgan fingerprint density at radius 2 is 1.71 bits per heavy atom. The lowest BCUT2D eigenvalue weighted by Crippen LogP contribution is -2.27. The second-order valence-corrected chi connectivity index (χ2v) is 5.24. The van der Waals surface area contributed by atoms with Gasteiger partial charge < -0.3 is 15.7 Å². The number of para-hydroxylation sites is 1. The number of rotatable bonds is 9. The van der Waals surface area contributed by atoms with Gasteiger partial charge in [-0.3, -0.25) is 14.4 Å². The van der Waals surface area contributed by atoms with Crippen LogP contribution in [0.1, 0.15) is 12.8 Å². The summed E-state index contributed by atoms with van der Waals surface area (Å²) in [4.78, 5) is 33.3. The summed E-state index contributed by atoms with van der Waals surface area (Å²) in [5.41, 5.74) is 0.723. The molecule has 7 heteroatoms. The zero-order valence-corrected chi connectivity index (χ0v) is 12.3. The highest BCUT2D eigenvalue weighted by atomic mass is 32.2. The summed E-state index contributed by atoms with van der Waals surface area (Å²) < 4.78 is 0. The van der Waals surface area contributed by atoms with Crippen molar-refractivity contribution in [1.29, 1.82) is 0 Å². The molecular formula is C14H18N2O4S. The topological polar surface area (TPSA) is 95.5 Å². The Bertz CT molecular complexity index is 479. The smallest absolute Gasteiger partial charge is 0.303 e. The molecule has 0 aliphatic heterocycles. The van der Waals surface area contributed by atoms with Crippen LogP contribution in [0.5, 0.6) is 0 Å². The highest BCUT2D eigenvalue weighted by molar-refractivity contribution is 8.00. The largest absolute Gasteiger partial charge is 0.481 e. The minimum atomic E-state index is -0.879. The van der Waals surface area contributed by atoms with Crippen molar-refractivity contribution in [2.24, 2.45) is 0 Å². The number of carbonyl (C=O) groups is 3. The fourth-order valence-corrected chi connectivity index (χ4v) is 2.12. The average Bonchev–Trinajstić information content (AvgIpc) is 2.44. The van der Waals surface area contributed by atoms with Crippen LogP contribution >= 0.6 is 11.8 Å². The summed E-state index contributed by atoms with van der Waals surface area (Å²) in [7, 11) is 0. The molecular weight excluding hydrogens is 292 g/mol. The minimum Gasteiger partial charge on any atom is -0.481 e. The highest BCUT2D eigenvalue weighted by Gasteiger charge is 2.06. The Morgan fingerprint density at radius 3 is 2.38 bits per heavy atom. The molecule has 0 aromatic heterocycles. The summed E-state index contributed by atoms with van der Waals surface area (Å²) >= 11 is 1.21. The molecule has 0 saturated heterocycles. The van der Waals surface area contributed by atoms with Gasteiger partial charge >= 0.3 is 5.97 Å². The van der Waals surface area contributed by atoms with Crippen molar-refractivity contribution in [2.45, 2.75) is 12.8 Å². The van der Waals surface area contributed by atoms with Crippen LogP contribution in [0.2, 0.25) is 0 Å². The van der Waals surface area contributed by atoms with Gasteiger partial charge in [-0.25, -0.2) is 0 Å². The number of anilines is 1. The van der Waals surface area contributed by atoms with Crippen molar-refractivity contribution in [3.8, 4) is 0 Å². The van der Waals surface area contributed by atoms with Gasteiger partial charge in [0.15, 0.2) is 0 Å². The fourth-order valence-electron chi connectivity index (χ4n) is 1.47. The van der Waals surface area contributed by atoms with Crippen LogP contribution in [0.25, 0.3) is 0 Å². The van der Waals surface area contributed by atoms with Gasteiger partial charge in [0.2, 0.25) is 11.8 Å². The van der Waals surface area contributed by atoms with E-state index in [1.807, 2.05) is 18.2 Å². The molecule has 21 heavy (non-hydrogen) atoms. The third kappa shape index (κ3) is 8.69. The van der Waals surface area contributed by atoms with E-state index < -0.39 is 5.97 Å². The normalized spacial score (nSPS) is 9.90. The molecule has 0 aliphatic carbocycles. The van der Waals surface area contributed by atoms with Gasteiger partial charge in [-0.15, -0.1) is 11.8 Å². The molecule has 0 fully saturated rings. The lowest BCUT2D eigenvalue weighted by molar-refractivity contribution is -0.137. The highest BCUT2D eigenvalue weighted by Crippen LogP contribution is 2.07. The molecule has 1 aromatic carbocycles. The molecule has 0 saturated carbocycles. The van der Waals surface area contributed by atoms with Crippen LogP contribution in [0.4, 0.5) is 5.69 Å². The Balaban J connectivity index is 2.08. The molecule has 0 spiro atoms. The third-order valence-corrected chi connectivity index (χ3v) is 3.35. The number of amides is 2. The molecule has 0 atom stereocenters. The predicted octanol–water partition coefficient (Wildman–Crippen LogP) is 1.34. The number of aliphatic carboxylic acids is 1. The third-order valence-electron chi connectivity index (χ3n) is 2.41. The quantitative estimate of drug-likeness (QED) is 0.598. The van der Waals surface area contributed by atoms with E-state index in [9.17, 15) is 14.4 Å². The van der Waals surface area contributed by atoms with E-state index in [1.54, 1.807) is 12.1 Å². The van der Waals surface area contributed by atoms with Crippen molar-refractivity contribution in [2.75, 3.05) is 23.4 Å². The first kappa shape index (κ1) is 17.0. The van der Waals surface area contributed by atoms with E-state index >= 15 is 0 Å². The SMILES string of the molecule is O=C(O)CCCNC(=O)CSCC(=O)Nc1ccccc1. The second-order valence-electron chi connectivity index (χ2n) is 4.25. The number of benzene rings is 1. The Labute approximate surface area is 127 Å². The van der Waals surface area contributed by atoms with Crippen molar-refractivity contribution in [1.82, 2.24) is 5.32 Å². The zero-order valence-electron chi connectivity index (χ0n) is 11.5. The van der Waals surface area contributed by atoms with Gasteiger partial charge in [0.05, 0.1) is 11.5 Å². The van der Waals surface area contributed by atoms with Crippen LogP contribution in [0.3, 0.4) is 0 Å². The maximum Gasteiger partial charge on any atom is 0.303 e. The van der Waals surface area contributed by atoms with Crippen molar-refractivity contribution in [3.05, 3.63) is 30.3 Å². The molecule has 0 heterocycles. The maximum absolute atomic E-state index is 11.6. The summed E-state index contributed by atoms with van der Waals surface area (Å²) in [6, 6.07) is 9.09. The molecule has 0 bridgehead atoms. The van der Waals surface area contributed by atoms with Crippen molar-refractivity contribution in [3.63, 3.8) is 0 Å². The van der Waals surface area contributed by atoms with Crippen LogP contribution in [0.15, 0.2) is 30.3 Å². The molecule has 0 radical (unpaired) electrons. The lowest BCUT2D eigenvalue weighted by Gasteiger charge is -2.05. The Kier molecular flexibility index (Phi) is 7.96. The molecule has 1 aromatic rings. The molecule has 6 nitrogen and oxygen atoms in total. The number of carbonyl (C=O) groups excluding carboxylic acids is 2. The van der Waals surface area contributed by atoms with Crippen LogP contribution in [-0.4, -0.2) is 40.9 Å². The number of nitrogens with one attached hydrogen (secondary N) is 2. The number of carboxylic acid groups (broad SMARTS) is 1. The van der Waals surface area contributed by atoms with E-state index in [0.29, 0.717) is 13.0 Å². The molecule has 0 aliphatic rings. The monoisotopic (exact) mass is 310 g/mol. The minimum absolute atomic E-state index is 0.0346. The number of hydrogen-bond donors (Lipinski definition) is 3. The summed E-state index contributed by atoms with van der Waals surface area (Å²) in [6.07, 6.45) is 0.438. The van der Waals surface area contributed by atoms with Crippen molar-refractivity contribution >= 4 is 35.2 Å². The first-order valence-electron chi connectivity index (χ1n) is 6.49. The molecule has 2 amide bonds. The standard InChI is InChI=1S/C14H18N2O4S/c17-12(15-8-4-7-14(19)20)9-21-10-13(18)16-11-5-2-1-3-6-11/h1-3,5-6H,4,7-10H2,(H,15,17)(H,16,18)(H,19,20). The number of hydrogen-bond acceptors (Lipinski definition) is 4. The van der Waals surface area contributed by atoms with Gasteiger partial charge in [-0.05, 0) is 18.6 Å². The van der Waals surface area contributed by atoms with E-state index in [-0.39, 0.29) is 29.7 Å².